The summed E-state index contributed by atoms with van der Waals surface area (Å²) in [5.41, 5.74) is 0.255. The monoisotopic (exact) mass is 214 g/mol. The predicted octanol–water partition coefficient (Wildman–Crippen LogP) is 2.52. The van der Waals surface area contributed by atoms with Crippen LogP contribution in [0.4, 0.5) is 0 Å². The van der Waals surface area contributed by atoms with Gasteiger partial charge >= 0.3 is 0 Å². The zero-order valence-electron chi connectivity index (χ0n) is 7.90. The summed E-state index contributed by atoms with van der Waals surface area (Å²) >= 11 is 6.03. The minimum Gasteiger partial charge on any atom is -0.260 e. The van der Waals surface area contributed by atoms with Gasteiger partial charge in [0.25, 0.3) is 0 Å². The van der Waals surface area contributed by atoms with Crippen LogP contribution >= 0.6 is 24.4 Å². The maximum Gasteiger partial charge on any atom is 0.114 e. The van der Waals surface area contributed by atoms with E-state index in [4.69, 9.17) is 0 Å². The standard InChI is InChI=1S/C9H14N2S2/c1-9(2,6-12)7-13-8-5-10-3-4-11-8/h3-5,12H,6-7H2,1-2H3. The molecular weight excluding hydrogens is 200 g/mol. The highest BCUT2D eigenvalue weighted by atomic mass is 32.2. The molecule has 0 fully saturated rings. The van der Waals surface area contributed by atoms with E-state index in [0.717, 1.165) is 16.5 Å². The van der Waals surface area contributed by atoms with E-state index in [1.54, 1.807) is 30.4 Å². The van der Waals surface area contributed by atoms with Crippen molar-refractivity contribution in [2.75, 3.05) is 11.5 Å². The quantitative estimate of drug-likeness (QED) is 0.616. The molecule has 1 rings (SSSR count). The number of rotatable bonds is 4. The van der Waals surface area contributed by atoms with Gasteiger partial charge in [0.15, 0.2) is 0 Å². The first-order chi connectivity index (χ1) is 6.14. The molecule has 0 saturated heterocycles. The highest BCUT2D eigenvalue weighted by Crippen LogP contribution is 2.26. The molecule has 0 atom stereocenters. The summed E-state index contributed by atoms with van der Waals surface area (Å²) in [7, 11) is 0. The lowest BCUT2D eigenvalue weighted by Gasteiger charge is -2.20. The fourth-order valence-corrected chi connectivity index (χ4v) is 1.85. The van der Waals surface area contributed by atoms with Gasteiger partial charge in [0.1, 0.15) is 5.03 Å². The third kappa shape index (κ3) is 4.00. The molecule has 0 bridgehead atoms. The van der Waals surface area contributed by atoms with Gasteiger partial charge in [0.05, 0.1) is 6.20 Å². The number of nitrogens with zero attached hydrogens (tertiary/aromatic N) is 2. The maximum atomic E-state index is 4.30. The Labute approximate surface area is 89.0 Å². The molecule has 0 radical (unpaired) electrons. The van der Waals surface area contributed by atoms with Crippen LogP contribution in [0.5, 0.6) is 0 Å². The SMILES string of the molecule is CC(C)(CS)CSc1cnccn1. The predicted molar refractivity (Wildman–Crippen MR) is 60.4 cm³/mol. The molecule has 2 nitrogen and oxygen atoms in total. The van der Waals surface area contributed by atoms with E-state index in [-0.39, 0.29) is 5.41 Å². The van der Waals surface area contributed by atoms with E-state index in [9.17, 15) is 0 Å². The summed E-state index contributed by atoms with van der Waals surface area (Å²) in [6, 6.07) is 0. The van der Waals surface area contributed by atoms with Crippen molar-refractivity contribution in [1.29, 1.82) is 0 Å². The van der Waals surface area contributed by atoms with Crippen LogP contribution in [-0.4, -0.2) is 21.5 Å². The first-order valence-electron chi connectivity index (χ1n) is 4.14. The molecule has 1 aromatic rings. The molecular formula is C9H14N2S2. The van der Waals surface area contributed by atoms with Crippen LogP contribution in [0, 0.1) is 5.41 Å². The Hall–Kier alpha value is -0.220. The van der Waals surface area contributed by atoms with Gasteiger partial charge in [0, 0.05) is 18.1 Å². The lowest BCUT2D eigenvalue weighted by atomic mass is 10.0. The number of thioether (sulfide) groups is 1. The number of thiol groups is 1. The van der Waals surface area contributed by atoms with Crippen LogP contribution in [0.3, 0.4) is 0 Å². The Morgan fingerprint density at radius 2 is 2.23 bits per heavy atom. The molecule has 0 aromatic carbocycles. The second-order valence-electron chi connectivity index (χ2n) is 3.65. The van der Waals surface area contributed by atoms with Crippen LogP contribution < -0.4 is 0 Å². The second kappa shape index (κ2) is 4.86. The largest absolute Gasteiger partial charge is 0.260 e. The van der Waals surface area contributed by atoms with Crippen molar-refractivity contribution < 1.29 is 0 Å². The topological polar surface area (TPSA) is 25.8 Å². The summed E-state index contributed by atoms with van der Waals surface area (Å²) in [4.78, 5) is 8.20. The average molecular weight is 214 g/mol. The van der Waals surface area contributed by atoms with Crippen LogP contribution in [0.15, 0.2) is 23.6 Å². The maximum absolute atomic E-state index is 4.30. The zero-order valence-corrected chi connectivity index (χ0v) is 9.61. The Balaban J connectivity index is 2.44. The Kier molecular flexibility index (Phi) is 4.06. The molecule has 13 heavy (non-hydrogen) atoms. The van der Waals surface area contributed by atoms with Crippen molar-refractivity contribution in [1.82, 2.24) is 9.97 Å². The van der Waals surface area contributed by atoms with Gasteiger partial charge in [-0.05, 0) is 11.2 Å². The average Bonchev–Trinajstić information content (AvgIpc) is 2.17. The number of hydrogen-bond acceptors (Lipinski definition) is 4. The van der Waals surface area contributed by atoms with Gasteiger partial charge in [-0.3, -0.25) is 4.98 Å². The van der Waals surface area contributed by atoms with Gasteiger partial charge < -0.3 is 0 Å². The van der Waals surface area contributed by atoms with Gasteiger partial charge in [-0.2, -0.15) is 12.6 Å². The zero-order chi connectivity index (χ0) is 9.73. The smallest absolute Gasteiger partial charge is 0.114 e. The van der Waals surface area contributed by atoms with Gasteiger partial charge in [-0.25, -0.2) is 4.98 Å². The van der Waals surface area contributed by atoms with Crippen molar-refractivity contribution in [3.63, 3.8) is 0 Å². The Bertz CT molecular complexity index is 249. The molecule has 1 heterocycles. The summed E-state index contributed by atoms with van der Waals surface area (Å²) < 4.78 is 0. The summed E-state index contributed by atoms with van der Waals surface area (Å²) in [6.07, 6.45) is 5.20. The van der Waals surface area contributed by atoms with Crippen LogP contribution in [0.2, 0.25) is 0 Å². The molecule has 4 heteroatoms. The van der Waals surface area contributed by atoms with Gasteiger partial charge in [0.2, 0.25) is 0 Å². The van der Waals surface area contributed by atoms with Gasteiger partial charge in [-0.1, -0.05) is 13.8 Å². The normalized spacial score (nSPS) is 11.6. The number of aromatic nitrogens is 2. The molecule has 0 aliphatic heterocycles. The summed E-state index contributed by atoms with van der Waals surface area (Å²) in [5, 5.41) is 0.984. The molecule has 72 valence electrons. The van der Waals surface area contributed by atoms with Crippen molar-refractivity contribution in [3.05, 3.63) is 18.6 Å². The molecule has 1 aromatic heterocycles. The van der Waals surface area contributed by atoms with Crippen LogP contribution in [0.1, 0.15) is 13.8 Å². The number of hydrogen-bond donors (Lipinski definition) is 1. The molecule has 0 saturated carbocycles. The third-order valence-electron chi connectivity index (χ3n) is 1.58. The highest BCUT2D eigenvalue weighted by Gasteiger charge is 2.15. The van der Waals surface area contributed by atoms with E-state index < -0.39 is 0 Å². The molecule has 0 N–H and O–H groups in total. The summed E-state index contributed by atoms with van der Waals surface area (Å²) in [6.45, 7) is 4.40. The minimum absolute atomic E-state index is 0.255. The Morgan fingerprint density at radius 3 is 2.77 bits per heavy atom. The van der Waals surface area contributed by atoms with E-state index in [0.29, 0.717) is 0 Å². The van der Waals surface area contributed by atoms with Crippen molar-refractivity contribution in [2.45, 2.75) is 18.9 Å². The highest BCUT2D eigenvalue weighted by molar-refractivity contribution is 7.99. The first kappa shape index (κ1) is 10.9. The fraction of sp³-hybridized carbons (Fsp3) is 0.556. The van der Waals surface area contributed by atoms with E-state index in [2.05, 4.69) is 36.4 Å². The molecule has 0 aliphatic carbocycles. The van der Waals surface area contributed by atoms with E-state index in [1.807, 2.05) is 0 Å². The third-order valence-corrected chi connectivity index (χ3v) is 3.87. The van der Waals surface area contributed by atoms with Crippen LogP contribution in [0.25, 0.3) is 0 Å². The first-order valence-corrected chi connectivity index (χ1v) is 5.75. The lowest BCUT2D eigenvalue weighted by Crippen LogP contribution is -2.16. The lowest BCUT2D eigenvalue weighted by molar-refractivity contribution is 0.493. The van der Waals surface area contributed by atoms with E-state index >= 15 is 0 Å². The Morgan fingerprint density at radius 1 is 1.46 bits per heavy atom. The van der Waals surface area contributed by atoms with Crippen LogP contribution in [-0.2, 0) is 0 Å². The van der Waals surface area contributed by atoms with Gasteiger partial charge in [-0.15, -0.1) is 11.8 Å². The van der Waals surface area contributed by atoms with Crippen molar-refractivity contribution in [3.8, 4) is 0 Å². The fourth-order valence-electron chi connectivity index (χ4n) is 0.675. The molecule has 0 unspecified atom stereocenters. The summed E-state index contributed by atoms with van der Waals surface area (Å²) in [5.74, 6) is 1.91. The molecule has 0 amide bonds. The van der Waals surface area contributed by atoms with E-state index in [1.165, 1.54) is 0 Å². The van der Waals surface area contributed by atoms with Crippen molar-refractivity contribution >= 4 is 24.4 Å². The molecule has 0 spiro atoms. The minimum atomic E-state index is 0.255. The van der Waals surface area contributed by atoms with Crippen molar-refractivity contribution in [2.24, 2.45) is 5.41 Å². The molecule has 0 aliphatic rings. The second-order valence-corrected chi connectivity index (χ2v) is 4.97.